The lowest BCUT2D eigenvalue weighted by Gasteiger charge is -2.33. The van der Waals surface area contributed by atoms with Crippen molar-refractivity contribution in [3.05, 3.63) is 84.4 Å². The summed E-state index contributed by atoms with van der Waals surface area (Å²) >= 11 is 0. The Hall–Kier alpha value is -2.89. The van der Waals surface area contributed by atoms with Crippen LogP contribution in [0.15, 0.2) is 78.9 Å². The van der Waals surface area contributed by atoms with E-state index in [2.05, 4.69) is 10.2 Å². The first-order valence-electron chi connectivity index (χ1n) is 9.94. The number of para-hydroxylation sites is 2. The third-order valence-electron chi connectivity index (χ3n) is 5.03. The van der Waals surface area contributed by atoms with Gasteiger partial charge in [-0.2, -0.15) is 0 Å². The van der Waals surface area contributed by atoms with Gasteiger partial charge >= 0.3 is 0 Å². The summed E-state index contributed by atoms with van der Waals surface area (Å²) in [7, 11) is 0. The van der Waals surface area contributed by atoms with Crippen LogP contribution >= 0.6 is 0 Å². The van der Waals surface area contributed by atoms with Crippen LogP contribution in [-0.4, -0.2) is 37.8 Å². The maximum absolute atomic E-state index is 14.0. The summed E-state index contributed by atoms with van der Waals surface area (Å²) in [6.07, 6.45) is 0. The van der Waals surface area contributed by atoms with Crippen LogP contribution in [0.3, 0.4) is 0 Å². The van der Waals surface area contributed by atoms with E-state index in [-0.39, 0.29) is 6.04 Å². The highest BCUT2D eigenvalue weighted by Gasteiger charge is 2.23. The fraction of sp³-hybridized carbons (Fsp3) is 0.250. The van der Waals surface area contributed by atoms with Crippen LogP contribution in [0.4, 0.5) is 4.39 Å². The van der Waals surface area contributed by atoms with E-state index < -0.39 is 6.67 Å². The molecule has 1 N–H and O–H groups in total. The Kier molecular flexibility index (Phi) is 6.39. The highest BCUT2D eigenvalue weighted by molar-refractivity contribution is 5.48. The summed E-state index contributed by atoms with van der Waals surface area (Å²) in [4.78, 5) is 2.18. The Morgan fingerprint density at radius 1 is 0.793 bits per heavy atom. The molecule has 0 saturated carbocycles. The van der Waals surface area contributed by atoms with E-state index in [9.17, 15) is 4.39 Å². The number of piperazine rings is 1. The maximum Gasteiger partial charge on any atom is 0.170 e. The molecule has 0 radical (unpaired) electrons. The van der Waals surface area contributed by atoms with Gasteiger partial charge in [-0.25, -0.2) is 4.39 Å². The lowest BCUT2D eigenvalue weighted by atomic mass is 10.0. The van der Waals surface area contributed by atoms with E-state index in [1.165, 1.54) is 0 Å². The molecule has 1 saturated heterocycles. The minimum absolute atomic E-state index is 0.291. The number of nitrogens with zero attached hydrogens (tertiary/aromatic N) is 1. The second-order valence-electron chi connectivity index (χ2n) is 6.99. The molecule has 29 heavy (non-hydrogen) atoms. The van der Waals surface area contributed by atoms with Crippen LogP contribution in [0.25, 0.3) is 0 Å². The summed E-state index contributed by atoms with van der Waals surface area (Å²) in [5.41, 5.74) is 0.890. The molecular weight excluding hydrogens is 367 g/mol. The molecule has 3 aromatic rings. The van der Waals surface area contributed by atoms with Gasteiger partial charge in [0.2, 0.25) is 0 Å². The van der Waals surface area contributed by atoms with E-state index in [1.807, 2.05) is 78.9 Å². The van der Waals surface area contributed by atoms with Crippen LogP contribution in [0.2, 0.25) is 0 Å². The molecule has 1 aliphatic heterocycles. The van der Waals surface area contributed by atoms with Crippen molar-refractivity contribution in [3.63, 3.8) is 0 Å². The first kappa shape index (κ1) is 19.4. The number of alkyl halides is 1. The van der Waals surface area contributed by atoms with Gasteiger partial charge in [-0.3, -0.25) is 4.90 Å². The average molecular weight is 392 g/mol. The molecular formula is C24H25FN2O2. The summed E-state index contributed by atoms with van der Waals surface area (Å²) in [6, 6.07) is 24.5. The number of rotatable bonds is 7. The number of ether oxygens (including phenoxy) is 2. The zero-order valence-corrected chi connectivity index (χ0v) is 16.3. The van der Waals surface area contributed by atoms with Crippen LogP contribution in [0.1, 0.15) is 11.6 Å². The van der Waals surface area contributed by atoms with E-state index in [1.54, 1.807) is 0 Å². The Labute approximate surface area is 170 Å². The van der Waals surface area contributed by atoms with E-state index in [0.717, 1.165) is 37.5 Å². The first-order chi connectivity index (χ1) is 14.3. The number of hydrogen-bond acceptors (Lipinski definition) is 4. The van der Waals surface area contributed by atoms with Crippen molar-refractivity contribution >= 4 is 0 Å². The SMILES string of the molecule is FC[C@H](c1ccc(Oc2ccccc2)c(Oc2ccccc2)c1)N1CCNCC1. The second-order valence-corrected chi connectivity index (χ2v) is 6.99. The Bertz CT molecular complexity index is 899. The molecule has 0 aromatic heterocycles. The van der Waals surface area contributed by atoms with Gasteiger partial charge in [-0.1, -0.05) is 42.5 Å². The van der Waals surface area contributed by atoms with Crippen molar-refractivity contribution in [2.24, 2.45) is 0 Å². The third-order valence-corrected chi connectivity index (χ3v) is 5.03. The first-order valence-corrected chi connectivity index (χ1v) is 9.94. The van der Waals surface area contributed by atoms with Crippen molar-refractivity contribution in [2.75, 3.05) is 32.9 Å². The van der Waals surface area contributed by atoms with Crippen LogP contribution in [0.5, 0.6) is 23.0 Å². The molecule has 3 aromatic carbocycles. The molecule has 0 amide bonds. The summed E-state index contributed by atoms with van der Waals surface area (Å²) < 4.78 is 26.2. The summed E-state index contributed by atoms with van der Waals surface area (Å²) in [5, 5.41) is 3.32. The number of benzene rings is 3. The van der Waals surface area contributed by atoms with Crippen molar-refractivity contribution in [1.29, 1.82) is 0 Å². The van der Waals surface area contributed by atoms with Gasteiger partial charge in [0.15, 0.2) is 11.5 Å². The molecule has 0 unspecified atom stereocenters. The average Bonchev–Trinajstić information content (AvgIpc) is 2.78. The van der Waals surface area contributed by atoms with Gasteiger partial charge < -0.3 is 14.8 Å². The quantitative estimate of drug-likeness (QED) is 0.600. The smallest absolute Gasteiger partial charge is 0.170 e. The fourth-order valence-electron chi connectivity index (χ4n) is 3.52. The van der Waals surface area contributed by atoms with E-state index in [0.29, 0.717) is 17.2 Å². The predicted molar refractivity (Wildman–Crippen MR) is 113 cm³/mol. The summed E-state index contributed by atoms with van der Waals surface area (Å²) in [6.45, 7) is 2.96. The van der Waals surface area contributed by atoms with Crippen molar-refractivity contribution in [1.82, 2.24) is 10.2 Å². The highest BCUT2D eigenvalue weighted by atomic mass is 19.1. The molecule has 1 heterocycles. The fourth-order valence-corrected chi connectivity index (χ4v) is 3.52. The molecule has 5 heteroatoms. The van der Waals surface area contributed by atoms with Gasteiger partial charge in [0.25, 0.3) is 0 Å². The zero-order valence-electron chi connectivity index (χ0n) is 16.3. The van der Waals surface area contributed by atoms with Gasteiger partial charge in [-0.05, 0) is 42.0 Å². The number of nitrogens with one attached hydrogen (secondary N) is 1. The number of halogens is 1. The largest absolute Gasteiger partial charge is 0.453 e. The molecule has 0 bridgehead atoms. The zero-order chi connectivity index (χ0) is 19.9. The monoisotopic (exact) mass is 392 g/mol. The molecule has 1 aliphatic rings. The van der Waals surface area contributed by atoms with E-state index in [4.69, 9.17) is 9.47 Å². The Balaban J connectivity index is 1.65. The van der Waals surface area contributed by atoms with Crippen LogP contribution in [-0.2, 0) is 0 Å². The van der Waals surface area contributed by atoms with Gasteiger partial charge in [0, 0.05) is 26.2 Å². The minimum atomic E-state index is -0.441. The molecule has 4 nitrogen and oxygen atoms in total. The maximum atomic E-state index is 14.0. The lowest BCUT2D eigenvalue weighted by Crippen LogP contribution is -2.45. The van der Waals surface area contributed by atoms with Crippen molar-refractivity contribution < 1.29 is 13.9 Å². The molecule has 1 atom stereocenters. The number of hydrogen-bond donors (Lipinski definition) is 1. The molecule has 0 spiro atoms. The topological polar surface area (TPSA) is 33.7 Å². The Morgan fingerprint density at radius 2 is 1.38 bits per heavy atom. The lowest BCUT2D eigenvalue weighted by molar-refractivity contribution is 0.147. The van der Waals surface area contributed by atoms with Gasteiger partial charge in [-0.15, -0.1) is 0 Å². The molecule has 4 rings (SSSR count). The molecule has 1 fully saturated rings. The standard InChI is InChI=1S/C24H25FN2O2/c25-18-22(27-15-13-26-14-16-27)19-11-12-23(28-20-7-3-1-4-8-20)24(17-19)29-21-9-5-2-6-10-21/h1-12,17,22,26H,13-16,18H2/t22-/m1/s1. The van der Waals surface area contributed by atoms with Crippen LogP contribution < -0.4 is 14.8 Å². The third kappa shape index (κ3) is 4.94. The molecule has 0 aliphatic carbocycles. The normalized spacial score (nSPS) is 15.6. The predicted octanol–water partition coefficient (Wildman–Crippen LogP) is 5.19. The van der Waals surface area contributed by atoms with E-state index >= 15 is 0 Å². The minimum Gasteiger partial charge on any atom is -0.453 e. The van der Waals surface area contributed by atoms with Crippen molar-refractivity contribution in [3.8, 4) is 23.0 Å². The molecule has 150 valence electrons. The second kappa shape index (κ2) is 9.54. The highest BCUT2D eigenvalue weighted by Crippen LogP contribution is 2.38. The summed E-state index contributed by atoms with van der Waals surface area (Å²) in [5.74, 6) is 2.61. The Morgan fingerprint density at radius 3 is 1.97 bits per heavy atom. The van der Waals surface area contributed by atoms with Crippen molar-refractivity contribution in [2.45, 2.75) is 6.04 Å². The van der Waals surface area contributed by atoms with Gasteiger partial charge in [0.05, 0.1) is 6.04 Å². The van der Waals surface area contributed by atoms with Gasteiger partial charge in [0.1, 0.15) is 18.2 Å². The van der Waals surface area contributed by atoms with Crippen LogP contribution in [0, 0.1) is 0 Å².